The lowest BCUT2D eigenvalue weighted by Crippen LogP contribution is -2.46. The highest BCUT2D eigenvalue weighted by Gasteiger charge is 2.34. The van der Waals surface area contributed by atoms with Crippen LogP contribution in [0.2, 0.25) is 0 Å². The molecule has 6 nitrogen and oxygen atoms in total. The average molecular weight is 490 g/mol. The molecule has 9 heteroatoms. The van der Waals surface area contributed by atoms with Gasteiger partial charge in [-0.2, -0.15) is 13.2 Å². The minimum Gasteiger partial charge on any atom is -0.356 e. The van der Waals surface area contributed by atoms with E-state index in [0.29, 0.717) is 32.0 Å². The Morgan fingerprint density at radius 1 is 1.06 bits per heavy atom. The van der Waals surface area contributed by atoms with Crippen molar-refractivity contribution in [2.45, 2.75) is 45.3 Å². The number of carbonyl (C=O) groups is 1. The van der Waals surface area contributed by atoms with Gasteiger partial charge in [0.1, 0.15) is 0 Å². The lowest BCUT2D eigenvalue weighted by Gasteiger charge is -2.36. The molecule has 2 atom stereocenters. The summed E-state index contributed by atoms with van der Waals surface area (Å²) >= 11 is 0. The number of anilines is 1. The summed E-state index contributed by atoms with van der Waals surface area (Å²) in [5.41, 5.74) is 0.494. The number of likely N-dealkylation sites (tertiary alicyclic amines) is 1. The molecule has 190 valence electrons. The largest absolute Gasteiger partial charge is 0.419 e. The highest BCUT2D eigenvalue weighted by atomic mass is 19.4. The molecule has 0 bridgehead atoms. The first-order valence-corrected chi connectivity index (χ1v) is 12.5. The molecule has 2 aliphatic heterocycles. The smallest absolute Gasteiger partial charge is 0.356 e. The molecule has 1 unspecified atom stereocenters. The van der Waals surface area contributed by atoms with Crippen molar-refractivity contribution in [1.82, 2.24) is 20.2 Å². The number of amides is 1. The second-order valence-electron chi connectivity index (χ2n) is 9.87. The molecule has 0 saturated carbocycles. The highest BCUT2D eigenvalue weighted by molar-refractivity contribution is 5.79. The summed E-state index contributed by atoms with van der Waals surface area (Å²) in [5, 5.41) is 3.13. The highest BCUT2D eigenvalue weighted by Crippen LogP contribution is 2.30. The number of alkyl halides is 3. The van der Waals surface area contributed by atoms with Crippen molar-refractivity contribution >= 4 is 11.9 Å². The van der Waals surface area contributed by atoms with Gasteiger partial charge in [-0.15, -0.1) is 0 Å². The van der Waals surface area contributed by atoms with Crippen molar-refractivity contribution in [3.63, 3.8) is 0 Å². The number of rotatable bonds is 7. The average Bonchev–Trinajstić information content (AvgIpc) is 2.85. The Kier molecular flexibility index (Phi) is 8.26. The Morgan fingerprint density at radius 3 is 2.37 bits per heavy atom. The second kappa shape index (κ2) is 11.4. The number of nitrogens with one attached hydrogen (secondary N) is 1. The number of benzene rings is 1. The van der Waals surface area contributed by atoms with E-state index in [1.807, 2.05) is 17.9 Å². The van der Waals surface area contributed by atoms with Crippen molar-refractivity contribution in [3.05, 3.63) is 53.9 Å². The number of hydrogen-bond donors (Lipinski definition) is 1. The van der Waals surface area contributed by atoms with Gasteiger partial charge in [-0.1, -0.05) is 37.3 Å². The quantitative estimate of drug-likeness (QED) is 0.626. The van der Waals surface area contributed by atoms with Crippen LogP contribution in [-0.2, 0) is 17.5 Å². The maximum absolute atomic E-state index is 12.8. The van der Waals surface area contributed by atoms with E-state index in [1.165, 1.54) is 5.56 Å². The maximum atomic E-state index is 12.8. The minimum atomic E-state index is -4.45. The maximum Gasteiger partial charge on any atom is 0.419 e. The van der Waals surface area contributed by atoms with Crippen molar-refractivity contribution in [2.75, 3.05) is 37.6 Å². The van der Waals surface area contributed by atoms with Gasteiger partial charge in [-0.3, -0.25) is 9.69 Å². The van der Waals surface area contributed by atoms with E-state index >= 15 is 0 Å². The second-order valence-corrected chi connectivity index (χ2v) is 9.87. The lowest BCUT2D eigenvalue weighted by molar-refractivity contribution is -0.138. The van der Waals surface area contributed by atoms with Gasteiger partial charge in [0.05, 0.1) is 5.56 Å². The van der Waals surface area contributed by atoms with Crippen LogP contribution >= 0.6 is 0 Å². The van der Waals surface area contributed by atoms with Crippen LogP contribution in [0.5, 0.6) is 0 Å². The van der Waals surface area contributed by atoms with E-state index in [-0.39, 0.29) is 23.7 Å². The van der Waals surface area contributed by atoms with Gasteiger partial charge in [-0.05, 0) is 56.2 Å². The molecule has 2 fully saturated rings. The molecule has 1 aromatic heterocycles. The van der Waals surface area contributed by atoms with Crippen molar-refractivity contribution in [1.29, 1.82) is 0 Å². The molecule has 2 aromatic rings. The normalized spacial score (nSPS) is 22.2. The van der Waals surface area contributed by atoms with E-state index in [0.717, 1.165) is 51.3 Å². The van der Waals surface area contributed by atoms with Gasteiger partial charge in [0.2, 0.25) is 11.9 Å². The molecule has 2 aliphatic rings. The van der Waals surface area contributed by atoms with Crippen LogP contribution in [0.4, 0.5) is 19.1 Å². The van der Waals surface area contributed by atoms with Gasteiger partial charge >= 0.3 is 6.18 Å². The van der Waals surface area contributed by atoms with Gasteiger partial charge in [0.15, 0.2) is 0 Å². The number of hydrogen-bond acceptors (Lipinski definition) is 5. The first kappa shape index (κ1) is 25.4. The fourth-order valence-electron chi connectivity index (χ4n) is 5.15. The Balaban J connectivity index is 1.16. The lowest BCUT2D eigenvalue weighted by atomic mass is 9.86. The third-order valence-electron chi connectivity index (χ3n) is 7.30. The fraction of sp³-hybridized carbons (Fsp3) is 0.577. The third-order valence-corrected chi connectivity index (χ3v) is 7.30. The minimum absolute atomic E-state index is 0.0656. The van der Waals surface area contributed by atoms with Crippen LogP contribution in [-0.4, -0.2) is 53.5 Å². The Bertz CT molecular complexity index is 946. The predicted molar refractivity (Wildman–Crippen MR) is 129 cm³/mol. The molecule has 1 N–H and O–H groups in total. The molecule has 0 aliphatic carbocycles. The van der Waals surface area contributed by atoms with Crippen molar-refractivity contribution in [3.8, 4) is 0 Å². The zero-order valence-corrected chi connectivity index (χ0v) is 20.2. The van der Waals surface area contributed by atoms with Gasteiger partial charge in [0, 0.05) is 44.5 Å². The topological polar surface area (TPSA) is 61.4 Å². The van der Waals surface area contributed by atoms with E-state index < -0.39 is 11.7 Å². The monoisotopic (exact) mass is 489 g/mol. The summed E-state index contributed by atoms with van der Waals surface area (Å²) in [4.78, 5) is 25.0. The van der Waals surface area contributed by atoms with Crippen LogP contribution < -0.4 is 10.2 Å². The van der Waals surface area contributed by atoms with Crippen LogP contribution in [0.25, 0.3) is 0 Å². The van der Waals surface area contributed by atoms with Gasteiger partial charge in [-0.25, -0.2) is 9.97 Å². The summed E-state index contributed by atoms with van der Waals surface area (Å²) < 4.78 is 38.2. The van der Waals surface area contributed by atoms with E-state index in [1.54, 1.807) is 0 Å². The number of carbonyl (C=O) groups excluding carboxylic acids is 1. The zero-order chi connectivity index (χ0) is 24.8. The van der Waals surface area contributed by atoms with Crippen molar-refractivity contribution in [2.24, 2.45) is 17.8 Å². The molecule has 0 spiro atoms. The zero-order valence-electron chi connectivity index (χ0n) is 20.2. The summed E-state index contributed by atoms with van der Waals surface area (Å²) in [5.74, 6) is 0.956. The molecule has 4 rings (SSSR count). The number of aromatic nitrogens is 2. The van der Waals surface area contributed by atoms with Crippen LogP contribution in [0.15, 0.2) is 42.7 Å². The van der Waals surface area contributed by atoms with Crippen LogP contribution in [0, 0.1) is 17.8 Å². The summed E-state index contributed by atoms with van der Waals surface area (Å²) in [6.45, 7) is 6.97. The summed E-state index contributed by atoms with van der Waals surface area (Å²) in [6.07, 6.45) is 1.13. The van der Waals surface area contributed by atoms with Crippen molar-refractivity contribution < 1.29 is 18.0 Å². The molecular formula is C26H34F3N5O. The molecule has 2 saturated heterocycles. The van der Waals surface area contributed by atoms with E-state index in [2.05, 4.69) is 44.5 Å². The first-order chi connectivity index (χ1) is 16.8. The number of nitrogens with zero attached hydrogens (tertiary/aromatic N) is 4. The summed E-state index contributed by atoms with van der Waals surface area (Å²) in [6, 6.07) is 10.5. The SMILES string of the molecule is C[C@H]1CN(c2ncc(C(F)(F)F)cn2)CCC1C(=O)NCCC1CCN(Cc2ccccc2)CC1. The summed E-state index contributed by atoms with van der Waals surface area (Å²) in [7, 11) is 0. The Labute approximate surface area is 204 Å². The number of piperidine rings is 2. The van der Waals surface area contributed by atoms with Crippen LogP contribution in [0.1, 0.15) is 43.7 Å². The standard InChI is InChI=1S/C26H34F3N5O/c1-19-17-34(25-31-15-22(16-32-25)26(27,28)29)14-10-23(19)24(35)30-11-7-20-8-12-33(13-9-20)18-21-5-3-2-4-6-21/h2-6,15-16,19-20,23H,7-14,17-18H2,1H3,(H,30,35)/t19-,23?/m0/s1. The number of halogens is 3. The first-order valence-electron chi connectivity index (χ1n) is 12.5. The Hall–Kier alpha value is -2.68. The fourth-order valence-corrected chi connectivity index (χ4v) is 5.15. The predicted octanol–water partition coefficient (Wildman–Crippen LogP) is 4.38. The molecular weight excluding hydrogens is 455 g/mol. The molecule has 0 radical (unpaired) electrons. The molecule has 1 aromatic carbocycles. The molecule has 35 heavy (non-hydrogen) atoms. The van der Waals surface area contributed by atoms with Gasteiger partial charge in [0.25, 0.3) is 0 Å². The molecule has 3 heterocycles. The van der Waals surface area contributed by atoms with Gasteiger partial charge < -0.3 is 10.2 Å². The van der Waals surface area contributed by atoms with Crippen LogP contribution in [0.3, 0.4) is 0 Å². The molecule has 1 amide bonds. The van der Waals surface area contributed by atoms with E-state index in [4.69, 9.17) is 0 Å². The third kappa shape index (κ3) is 6.93. The van der Waals surface area contributed by atoms with E-state index in [9.17, 15) is 18.0 Å². The Morgan fingerprint density at radius 2 is 1.74 bits per heavy atom.